The molecule has 2 rings (SSSR count). The van der Waals surface area contributed by atoms with Crippen LogP contribution in [0.25, 0.3) is 0 Å². The van der Waals surface area contributed by atoms with Crippen LogP contribution in [0.4, 0.5) is 11.4 Å². The Kier molecular flexibility index (Phi) is 3.80. The summed E-state index contributed by atoms with van der Waals surface area (Å²) >= 11 is 1.58. The third-order valence-electron chi connectivity index (χ3n) is 2.46. The summed E-state index contributed by atoms with van der Waals surface area (Å²) in [5.74, 6) is 1.52. The lowest BCUT2D eigenvalue weighted by molar-refractivity contribution is -0.113. The van der Waals surface area contributed by atoms with Gasteiger partial charge in [0.15, 0.2) is 11.5 Å². The monoisotopic (exact) mass is 282 g/mol. The predicted molar refractivity (Wildman–Crippen MR) is 77.8 cm³/mol. The molecule has 0 fully saturated rings. The molecule has 0 bridgehead atoms. The normalized spacial score (nSPS) is 13.4. The molecule has 0 atom stereocenters. The van der Waals surface area contributed by atoms with Crippen molar-refractivity contribution in [2.24, 2.45) is 0 Å². The lowest BCUT2D eigenvalue weighted by Crippen LogP contribution is -2.19. The SMILES string of the molecule is CC(C)(C)SCC(=O)Nc1cc2c(cc1N)OCO2. The molecular weight excluding hydrogens is 264 g/mol. The van der Waals surface area contributed by atoms with Crippen molar-refractivity contribution >= 4 is 29.0 Å². The maximum Gasteiger partial charge on any atom is 0.234 e. The summed E-state index contributed by atoms with van der Waals surface area (Å²) in [6.07, 6.45) is 0. The summed E-state index contributed by atoms with van der Waals surface area (Å²) in [7, 11) is 0. The van der Waals surface area contributed by atoms with Gasteiger partial charge in [-0.05, 0) is 0 Å². The van der Waals surface area contributed by atoms with Crippen LogP contribution in [0.3, 0.4) is 0 Å². The zero-order chi connectivity index (χ0) is 14.0. The number of nitrogens with one attached hydrogen (secondary N) is 1. The van der Waals surface area contributed by atoms with Gasteiger partial charge < -0.3 is 20.5 Å². The van der Waals surface area contributed by atoms with Gasteiger partial charge in [0.25, 0.3) is 0 Å². The number of benzene rings is 1. The van der Waals surface area contributed by atoms with Crippen LogP contribution in [0.2, 0.25) is 0 Å². The van der Waals surface area contributed by atoms with Crippen LogP contribution in [0.1, 0.15) is 20.8 Å². The van der Waals surface area contributed by atoms with Gasteiger partial charge in [0, 0.05) is 16.9 Å². The van der Waals surface area contributed by atoms with Gasteiger partial charge in [0.2, 0.25) is 12.7 Å². The number of carbonyl (C=O) groups excluding carboxylic acids is 1. The number of ether oxygens (including phenoxy) is 2. The molecule has 0 aliphatic carbocycles. The Morgan fingerprint density at radius 1 is 1.37 bits per heavy atom. The van der Waals surface area contributed by atoms with E-state index in [-0.39, 0.29) is 17.4 Å². The Labute approximate surface area is 116 Å². The average Bonchev–Trinajstić information content (AvgIpc) is 2.73. The standard InChI is InChI=1S/C13H18N2O3S/c1-13(2,3)19-6-12(16)15-9-5-11-10(4-8(9)14)17-7-18-11/h4-5H,6-7,14H2,1-3H3,(H,15,16). The summed E-state index contributed by atoms with van der Waals surface area (Å²) in [6, 6.07) is 3.35. The first-order valence-electron chi connectivity index (χ1n) is 5.98. The highest BCUT2D eigenvalue weighted by molar-refractivity contribution is 8.01. The number of anilines is 2. The van der Waals surface area contributed by atoms with E-state index >= 15 is 0 Å². The molecule has 0 saturated heterocycles. The van der Waals surface area contributed by atoms with E-state index in [9.17, 15) is 4.79 Å². The molecule has 104 valence electrons. The second-order valence-corrected chi connectivity index (χ2v) is 7.04. The van der Waals surface area contributed by atoms with Crippen LogP contribution in [-0.2, 0) is 4.79 Å². The number of nitrogens with two attached hydrogens (primary N) is 1. The first-order chi connectivity index (χ1) is 8.85. The third-order valence-corrected chi connectivity index (χ3v) is 3.73. The second kappa shape index (κ2) is 5.21. The number of thioether (sulfide) groups is 1. The fourth-order valence-corrected chi connectivity index (χ4v) is 2.17. The van der Waals surface area contributed by atoms with Crippen molar-refractivity contribution in [2.75, 3.05) is 23.6 Å². The smallest absolute Gasteiger partial charge is 0.234 e. The van der Waals surface area contributed by atoms with E-state index in [1.807, 2.05) is 0 Å². The molecule has 1 aromatic carbocycles. The molecule has 1 aliphatic rings. The Hall–Kier alpha value is -1.56. The molecule has 0 spiro atoms. The first-order valence-corrected chi connectivity index (χ1v) is 6.97. The maximum absolute atomic E-state index is 11.9. The maximum atomic E-state index is 11.9. The van der Waals surface area contributed by atoms with Gasteiger partial charge in [-0.25, -0.2) is 0 Å². The molecule has 0 unspecified atom stereocenters. The summed E-state index contributed by atoms with van der Waals surface area (Å²) in [4.78, 5) is 11.9. The zero-order valence-corrected chi connectivity index (χ0v) is 12.1. The third kappa shape index (κ3) is 3.70. The first kappa shape index (κ1) is 13.9. The van der Waals surface area contributed by atoms with Gasteiger partial charge in [0.1, 0.15) is 0 Å². The van der Waals surface area contributed by atoms with Crippen LogP contribution in [-0.4, -0.2) is 23.2 Å². The Morgan fingerprint density at radius 3 is 2.63 bits per heavy atom. The molecule has 0 saturated carbocycles. The molecule has 1 amide bonds. The molecule has 1 heterocycles. The van der Waals surface area contributed by atoms with E-state index in [0.29, 0.717) is 28.6 Å². The van der Waals surface area contributed by atoms with E-state index in [1.54, 1.807) is 23.9 Å². The number of hydrogen-bond acceptors (Lipinski definition) is 5. The fraction of sp³-hybridized carbons (Fsp3) is 0.462. The predicted octanol–water partition coefficient (Wildman–Crippen LogP) is 2.47. The largest absolute Gasteiger partial charge is 0.454 e. The van der Waals surface area contributed by atoms with Crippen molar-refractivity contribution < 1.29 is 14.3 Å². The molecule has 3 N–H and O–H groups in total. The van der Waals surface area contributed by atoms with Crippen molar-refractivity contribution in [3.8, 4) is 11.5 Å². The van der Waals surface area contributed by atoms with Gasteiger partial charge in [-0.2, -0.15) is 0 Å². The summed E-state index contributed by atoms with van der Waals surface area (Å²) in [5, 5.41) is 2.79. The van der Waals surface area contributed by atoms with Crippen molar-refractivity contribution in [2.45, 2.75) is 25.5 Å². The highest BCUT2D eigenvalue weighted by Crippen LogP contribution is 2.38. The van der Waals surface area contributed by atoms with Crippen LogP contribution in [0.5, 0.6) is 11.5 Å². The van der Waals surface area contributed by atoms with Gasteiger partial charge in [0.05, 0.1) is 17.1 Å². The minimum atomic E-state index is -0.0782. The zero-order valence-electron chi connectivity index (χ0n) is 11.3. The van der Waals surface area contributed by atoms with E-state index < -0.39 is 0 Å². The molecular formula is C13H18N2O3S. The summed E-state index contributed by atoms with van der Waals surface area (Å²) in [5.41, 5.74) is 6.90. The minimum absolute atomic E-state index is 0.0533. The van der Waals surface area contributed by atoms with Gasteiger partial charge in [-0.3, -0.25) is 4.79 Å². The average molecular weight is 282 g/mol. The number of hydrogen-bond donors (Lipinski definition) is 2. The van der Waals surface area contributed by atoms with Crippen molar-refractivity contribution in [1.29, 1.82) is 0 Å². The fourth-order valence-electron chi connectivity index (χ4n) is 1.53. The number of fused-ring (bicyclic) bond motifs is 1. The molecule has 0 radical (unpaired) electrons. The molecule has 1 aromatic rings. The van der Waals surface area contributed by atoms with Crippen molar-refractivity contribution in [3.05, 3.63) is 12.1 Å². The van der Waals surface area contributed by atoms with Crippen LogP contribution >= 0.6 is 11.8 Å². The number of carbonyl (C=O) groups is 1. The van der Waals surface area contributed by atoms with Gasteiger partial charge in [-0.15, -0.1) is 11.8 Å². The number of amides is 1. The topological polar surface area (TPSA) is 73.6 Å². The molecule has 0 aromatic heterocycles. The summed E-state index contributed by atoms with van der Waals surface area (Å²) in [6.45, 7) is 6.39. The van der Waals surface area contributed by atoms with Gasteiger partial charge in [-0.1, -0.05) is 20.8 Å². The molecule has 5 nitrogen and oxygen atoms in total. The summed E-state index contributed by atoms with van der Waals surface area (Å²) < 4.78 is 10.5. The molecule has 1 aliphatic heterocycles. The van der Waals surface area contributed by atoms with E-state index in [1.165, 1.54) is 0 Å². The Balaban J connectivity index is 2.01. The minimum Gasteiger partial charge on any atom is -0.454 e. The van der Waals surface area contributed by atoms with E-state index in [0.717, 1.165) is 0 Å². The van der Waals surface area contributed by atoms with Crippen LogP contribution in [0, 0.1) is 0 Å². The van der Waals surface area contributed by atoms with Gasteiger partial charge >= 0.3 is 0 Å². The second-order valence-electron chi connectivity index (χ2n) is 5.24. The molecule has 19 heavy (non-hydrogen) atoms. The highest BCUT2D eigenvalue weighted by atomic mass is 32.2. The van der Waals surface area contributed by atoms with Crippen LogP contribution in [0.15, 0.2) is 12.1 Å². The highest BCUT2D eigenvalue weighted by Gasteiger charge is 2.18. The Morgan fingerprint density at radius 2 is 2.00 bits per heavy atom. The molecule has 6 heteroatoms. The van der Waals surface area contributed by atoms with Crippen molar-refractivity contribution in [1.82, 2.24) is 0 Å². The lowest BCUT2D eigenvalue weighted by Gasteiger charge is -2.17. The van der Waals surface area contributed by atoms with Crippen molar-refractivity contribution in [3.63, 3.8) is 0 Å². The quantitative estimate of drug-likeness (QED) is 0.833. The van der Waals surface area contributed by atoms with E-state index in [2.05, 4.69) is 26.1 Å². The van der Waals surface area contributed by atoms with Crippen LogP contribution < -0.4 is 20.5 Å². The number of rotatable bonds is 3. The lowest BCUT2D eigenvalue weighted by atomic mass is 10.2. The Bertz CT molecular complexity index is 497. The van der Waals surface area contributed by atoms with E-state index in [4.69, 9.17) is 15.2 Å². The number of nitrogen functional groups attached to an aromatic ring is 1.